The summed E-state index contributed by atoms with van der Waals surface area (Å²) in [5, 5.41) is 53.1. The number of nitrogens with one attached hydrogen (secondary N) is 1. The van der Waals surface area contributed by atoms with Crippen molar-refractivity contribution in [1.82, 2.24) is 5.32 Å². The standard InChI is InChI=1S/C10H21NO.C6H3N3O7/c1-10(2,12)8-11-9-6-4-3-5-7-9;10-6-4(8(13)14)1-3(7(11)12)2-5(6)9(15)16/h9,11-12H,3-8H2,1-2H3;1-2,10H. The summed E-state index contributed by atoms with van der Waals surface area (Å²) >= 11 is 0. The molecule has 0 saturated heterocycles. The lowest BCUT2D eigenvalue weighted by molar-refractivity contribution is -0.404. The minimum absolute atomic E-state index is 0.447. The summed E-state index contributed by atoms with van der Waals surface area (Å²) in [6, 6.07) is 1.55. The van der Waals surface area contributed by atoms with Crippen molar-refractivity contribution in [1.29, 1.82) is 0 Å². The third-order valence-electron chi connectivity index (χ3n) is 4.09. The smallest absolute Gasteiger partial charge is 0.324 e. The van der Waals surface area contributed by atoms with Gasteiger partial charge in [0.1, 0.15) is 0 Å². The molecule has 1 aliphatic carbocycles. The number of aliphatic hydroxyl groups is 1. The van der Waals surface area contributed by atoms with Gasteiger partial charge in [0.2, 0.25) is 0 Å². The second-order valence-electron chi connectivity index (χ2n) is 7.13. The lowest BCUT2D eigenvalue weighted by atomic mass is 9.95. The number of rotatable bonds is 6. The maximum atomic E-state index is 10.4. The number of nitro benzene ring substituents is 3. The highest BCUT2D eigenvalue weighted by Crippen LogP contribution is 2.38. The zero-order valence-corrected chi connectivity index (χ0v) is 15.7. The number of nitro groups is 3. The number of phenols is 1. The van der Waals surface area contributed by atoms with Crippen LogP contribution in [-0.2, 0) is 0 Å². The molecule has 0 heterocycles. The van der Waals surface area contributed by atoms with Gasteiger partial charge in [0.05, 0.1) is 32.5 Å². The number of aromatic hydroxyl groups is 1. The van der Waals surface area contributed by atoms with Gasteiger partial charge in [0.15, 0.2) is 0 Å². The highest BCUT2D eigenvalue weighted by atomic mass is 16.6. The highest BCUT2D eigenvalue weighted by molar-refractivity contribution is 5.64. The van der Waals surface area contributed by atoms with Gasteiger partial charge in [-0.05, 0) is 26.7 Å². The molecule has 1 fully saturated rings. The summed E-state index contributed by atoms with van der Waals surface area (Å²) in [5.41, 5.74) is -3.56. The van der Waals surface area contributed by atoms with Crippen LogP contribution in [0.15, 0.2) is 12.1 Å². The molecule has 0 bridgehead atoms. The first-order valence-corrected chi connectivity index (χ1v) is 8.68. The molecule has 0 aliphatic heterocycles. The van der Waals surface area contributed by atoms with Gasteiger partial charge >= 0.3 is 11.4 Å². The average Bonchev–Trinajstić information content (AvgIpc) is 2.60. The lowest BCUT2D eigenvalue weighted by Gasteiger charge is -2.26. The number of hydrogen-bond donors (Lipinski definition) is 3. The Hall–Kier alpha value is -2.86. The Morgan fingerprint density at radius 2 is 1.46 bits per heavy atom. The van der Waals surface area contributed by atoms with Gasteiger partial charge < -0.3 is 15.5 Å². The van der Waals surface area contributed by atoms with Crippen molar-refractivity contribution in [3.63, 3.8) is 0 Å². The highest BCUT2D eigenvalue weighted by Gasteiger charge is 2.30. The predicted octanol–water partition coefficient (Wildman–Crippen LogP) is 2.80. The summed E-state index contributed by atoms with van der Waals surface area (Å²) in [5.74, 6) is -1.21. The molecule has 28 heavy (non-hydrogen) atoms. The number of benzene rings is 1. The SMILES string of the molecule is CC(C)(O)CNC1CCCCC1.O=[N+]([O-])c1cc([N+](=O)[O-])c(O)c([N+](=O)[O-])c1. The molecule has 12 heteroatoms. The fraction of sp³-hybridized carbons (Fsp3) is 0.625. The Morgan fingerprint density at radius 3 is 1.82 bits per heavy atom. The summed E-state index contributed by atoms with van der Waals surface area (Å²) in [4.78, 5) is 27.8. The molecule has 156 valence electrons. The molecule has 0 unspecified atom stereocenters. The van der Waals surface area contributed by atoms with Gasteiger partial charge in [-0.2, -0.15) is 0 Å². The van der Waals surface area contributed by atoms with E-state index in [2.05, 4.69) is 5.32 Å². The molecule has 0 atom stereocenters. The van der Waals surface area contributed by atoms with Crippen LogP contribution >= 0.6 is 0 Å². The normalized spacial score (nSPS) is 14.7. The Kier molecular flexibility index (Phi) is 8.19. The quantitative estimate of drug-likeness (QED) is 0.477. The second kappa shape index (κ2) is 9.90. The van der Waals surface area contributed by atoms with E-state index in [1.54, 1.807) is 0 Å². The van der Waals surface area contributed by atoms with E-state index in [1.165, 1.54) is 32.1 Å². The number of non-ortho nitro benzene ring substituents is 1. The third-order valence-corrected chi connectivity index (χ3v) is 4.09. The number of phenolic OH excluding ortho intramolecular Hbond substituents is 1. The molecule has 1 aromatic carbocycles. The molecule has 2 rings (SSSR count). The van der Waals surface area contributed by atoms with Crippen molar-refractivity contribution in [2.45, 2.75) is 57.6 Å². The van der Waals surface area contributed by atoms with Crippen molar-refractivity contribution in [3.05, 3.63) is 42.5 Å². The van der Waals surface area contributed by atoms with Gasteiger partial charge in [0.25, 0.3) is 11.4 Å². The van der Waals surface area contributed by atoms with E-state index in [0.29, 0.717) is 18.2 Å². The van der Waals surface area contributed by atoms with Crippen LogP contribution < -0.4 is 5.32 Å². The Morgan fingerprint density at radius 1 is 1.00 bits per heavy atom. The molecular formula is C16H24N4O8. The summed E-state index contributed by atoms with van der Waals surface area (Å²) in [6.45, 7) is 4.42. The summed E-state index contributed by atoms with van der Waals surface area (Å²) in [6.07, 6.45) is 6.67. The molecule has 0 aromatic heterocycles. The summed E-state index contributed by atoms with van der Waals surface area (Å²) < 4.78 is 0. The average molecular weight is 400 g/mol. The first-order chi connectivity index (χ1) is 12.9. The molecule has 0 radical (unpaired) electrons. The van der Waals surface area contributed by atoms with E-state index in [9.17, 15) is 35.4 Å². The molecule has 1 aliphatic rings. The minimum atomic E-state index is -1.21. The maximum absolute atomic E-state index is 10.4. The monoisotopic (exact) mass is 400 g/mol. The molecule has 0 amide bonds. The van der Waals surface area contributed by atoms with Crippen LogP contribution in [0, 0.1) is 30.3 Å². The second-order valence-corrected chi connectivity index (χ2v) is 7.13. The van der Waals surface area contributed by atoms with Crippen molar-refractivity contribution in [2.24, 2.45) is 0 Å². The fourth-order valence-electron chi connectivity index (χ4n) is 2.67. The van der Waals surface area contributed by atoms with E-state index >= 15 is 0 Å². The Balaban J connectivity index is 0.000000292. The first-order valence-electron chi connectivity index (χ1n) is 8.68. The molecule has 1 aromatic rings. The zero-order valence-electron chi connectivity index (χ0n) is 15.7. The maximum Gasteiger partial charge on any atom is 0.324 e. The van der Waals surface area contributed by atoms with Crippen LogP contribution in [0.5, 0.6) is 5.75 Å². The van der Waals surface area contributed by atoms with Crippen LogP contribution in [0.3, 0.4) is 0 Å². The van der Waals surface area contributed by atoms with Crippen LogP contribution in [-0.4, -0.2) is 43.2 Å². The lowest BCUT2D eigenvalue weighted by Crippen LogP contribution is -2.41. The van der Waals surface area contributed by atoms with Gasteiger partial charge in [-0.15, -0.1) is 0 Å². The molecule has 0 spiro atoms. The molecule has 1 saturated carbocycles. The van der Waals surface area contributed by atoms with Crippen molar-refractivity contribution >= 4 is 17.1 Å². The fourth-order valence-corrected chi connectivity index (χ4v) is 2.67. The topological polar surface area (TPSA) is 182 Å². The predicted molar refractivity (Wildman–Crippen MR) is 99.2 cm³/mol. The largest absolute Gasteiger partial charge is 0.497 e. The Labute approximate surface area is 160 Å². The van der Waals surface area contributed by atoms with Crippen LogP contribution in [0.4, 0.5) is 17.1 Å². The van der Waals surface area contributed by atoms with E-state index in [0.717, 1.165) is 6.54 Å². The zero-order chi connectivity index (χ0) is 21.5. The van der Waals surface area contributed by atoms with Crippen molar-refractivity contribution in [3.8, 4) is 5.75 Å². The van der Waals surface area contributed by atoms with E-state index in [-0.39, 0.29) is 0 Å². The third kappa shape index (κ3) is 7.40. The molecule has 12 nitrogen and oxygen atoms in total. The van der Waals surface area contributed by atoms with Crippen LogP contribution in [0.1, 0.15) is 46.0 Å². The van der Waals surface area contributed by atoms with Gasteiger partial charge in [0, 0.05) is 12.6 Å². The van der Waals surface area contributed by atoms with Gasteiger partial charge in [-0.3, -0.25) is 30.3 Å². The van der Waals surface area contributed by atoms with E-state index < -0.39 is 43.2 Å². The van der Waals surface area contributed by atoms with E-state index in [4.69, 9.17) is 5.11 Å². The van der Waals surface area contributed by atoms with Crippen molar-refractivity contribution in [2.75, 3.05) is 6.54 Å². The summed E-state index contributed by atoms with van der Waals surface area (Å²) in [7, 11) is 0. The first kappa shape index (κ1) is 23.2. The van der Waals surface area contributed by atoms with Crippen molar-refractivity contribution < 1.29 is 25.0 Å². The Bertz CT molecular complexity index is 691. The molecule has 3 N–H and O–H groups in total. The van der Waals surface area contributed by atoms with Crippen LogP contribution in [0.2, 0.25) is 0 Å². The molecular weight excluding hydrogens is 376 g/mol. The number of nitrogens with zero attached hydrogens (tertiary/aromatic N) is 3. The van der Waals surface area contributed by atoms with Gasteiger partial charge in [-0.25, -0.2) is 0 Å². The minimum Gasteiger partial charge on any atom is -0.497 e. The van der Waals surface area contributed by atoms with Gasteiger partial charge in [-0.1, -0.05) is 19.3 Å². The van der Waals surface area contributed by atoms with Crippen LogP contribution in [0.25, 0.3) is 0 Å². The van der Waals surface area contributed by atoms with E-state index in [1.807, 2.05) is 13.8 Å². The number of hydrogen-bond acceptors (Lipinski definition) is 9.